The van der Waals surface area contributed by atoms with Gasteiger partial charge in [-0.25, -0.2) is 12.8 Å². The maximum atomic E-state index is 14.1. The van der Waals surface area contributed by atoms with Crippen molar-refractivity contribution >= 4 is 21.8 Å². The number of nitrogens with one attached hydrogen (secondary N) is 3. The Bertz CT molecular complexity index is 1060. The monoisotopic (exact) mass is 476 g/mol. The van der Waals surface area contributed by atoms with Gasteiger partial charge in [0.1, 0.15) is 16.8 Å². The molecule has 0 unspecified atom stereocenters. The molecular formula is C23H29FN4O4S. The first-order valence-corrected chi connectivity index (χ1v) is 12.3. The first-order valence-electron chi connectivity index (χ1n) is 10.8. The lowest BCUT2D eigenvalue weighted by Gasteiger charge is -2.32. The van der Waals surface area contributed by atoms with Crippen molar-refractivity contribution in [2.45, 2.75) is 36.2 Å². The summed E-state index contributed by atoms with van der Waals surface area (Å²) in [5, 5.41) is 5.52. The van der Waals surface area contributed by atoms with Gasteiger partial charge in [-0.2, -0.15) is 4.72 Å². The zero-order chi connectivity index (χ0) is 23.8. The molecule has 0 aliphatic carbocycles. The minimum Gasteiger partial charge on any atom is -0.358 e. The Hall–Kier alpha value is -2.82. The van der Waals surface area contributed by atoms with Crippen molar-refractivity contribution in [3.63, 3.8) is 0 Å². The summed E-state index contributed by atoms with van der Waals surface area (Å²) in [6.07, 6.45) is 1.40. The van der Waals surface area contributed by atoms with E-state index in [1.54, 1.807) is 31.3 Å². The number of nitrogens with zero attached hydrogens (tertiary/aromatic N) is 1. The summed E-state index contributed by atoms with van der Waals surface area (Å²) in [5.41, 5.74) is 0.772. The van der Waals surface area contributed by atoms with Gasteiger partial charge >= 0.3 is 0 Å². The Kier molecular flexibility index (Phi) is 8.54. The minimum absolute atomic E-state index is 0.0667. The number of piperidine rings is 1. The molecule has 0 aromatic heterocycles. The highest BCUT2D eigenvalue weighted by Gasteiger charge is 2.30. The van der Waals surface area contributed by atoms with E-state index in [1.807, 2.05) is 11.0 Å². The van der Waals surface area contributed by atoms with Crippen LogP contribution < -0.4 is 15.4 Å². The van der Waals surface area contributed by atoms with Gasteiger partial charge in [0.05, 0.1) is 6.54 Å². The lowest BCUT2D eigenvalue weighted by Crippen LogP contribution is -2.53. The number of amides is 2. The van der Waals surface area contributed by atoms with Crippen LogP contribution in [0.15, 0.2) is 59.5 Å². The van der Waals surface area contributed by atoms with Crippen LogP contribution in [-0.4, -0.2) is 63.9 Å². The van der Waals surface area contributed by atoms with Crippen LogP contribution in [0.1, 0.15) is 18.4 Å². The summed E-state index contributed by atoms with van der Waals surface area (Å²) >= 11 is 0. The highest BCUT2D eigenvalue weighted by Crippen LogP contribution is 2.16. The number of carbonyl (C=O) groups is 2. The van der Waals surface area contributed by atoms with E-state index in [0.29, 0.717) is 32.5 Å². The maximum absolute atomic E-state index is 14.1. The van der Waals surface area contributed by atoms with E-state index in [-0.39, 0.29) is 18.4 Å². The van der Waals surface area contributed by atoms with Crippen molar-refractivity contribution < 1.29 is 22.4 Å². The second kappa shape index (κ2) is 11.4. The van der Waals surface area contributed by atoms with Gasteiger partial charge in [0.15, 0.2) is 0 Å². The zero-order valence-electron chi connectivity index (χ0n) is 18.5. The van der Waals surface area contributed by atoms with Crippen LogP contribution in [0.5, 0.6) is 0 Å². The van der Waals surface area contributed by atoms with Crippen LogP contribution in [0, 0.1) is 5.82 Å². The fourth-order valence-corrected chi connectivity index (χ4v) is 5.04. The quantitative estimate of drug-likeness (QED) is 0.501. The zero-order valence-corrected chi connectivity index (χ0v) is 19.3. The van der Waals surface area contributed by atoms with E-state index in [0.717, 1.165) is 17.7 Å². The number of rotatable bonds is 9. The van der Waals surface area contributed by atoms with Gasteiger partial charge in [0.2, 0.25) is 21.8 Å². The molecule has 2 amide bonds. The molecule has 0 bridgehead atoms. The van der Waals surface area contributed by atoms with E-state index in [4.69, 9.17) is 0 Å². The average molecular weight is 477 g/mol. The van der Waals surface area contributed by atoms with Gasteiger partial charge in [0, 0.05) is 26.2 Å². The van der Waals surface area contributed by atoms with Crippen molar-refractivity contribution in [1.82, 2.24) is 20.3 Å². The summed E-state index contributed by atoms with van der Waals surface area (Å²) in [4.78, 5) is 26.2. The molecule has 2 aromatic carbocycles. The predicted molar refractivity (Wildman–Crippen MR) is 122 cm³/mol. The first-order chi connectivity index (χ1) is 15.8. The predicted octanol–water partition coefficient (Wildman–Crippen LogP) is 1.04. The van der Waals surface area contributed by atoms with Gasteiger partial charge in [-0.15, -0.1) is 0 Å². The Morgan fingerprint density at radius 1 is 1.06 bits per heavy atom. The molecule has 0 spiro atoms. The Balaban J connectivity index is 1.70. The minimum atomic E-state index is -4.26. The molecule has 10 heteroatoms. The summed E-state index contributed by atoms with van der Waals surface area (Å²) < 4.78 is 42.2. The fraction of sp³-hybridized carbons (Fsp3) is 0.391. The van der Waals surface area contributed by atoms with Crippen LogP contribution in [0.25, 0.3) is 0 Å². The number of sulfonamides is 1. The van der Waals surface area contributed by atoms with E-state index < -0.39 is 32.7 Å². The van der Waals surface area contributed by atoms with Crippen LogP contribution in [0.4, 0.5) is 4.39 Å². The van der Waals surface area contributed by atoms with Crippen molar-refractivity contribution in [1.29, 1.82) is 0 Å². The number of carbonyl (C=O) groups excluding carboxylic acids is 2. The molecule has 3 N–H and O–H groups in total. The largest absolute Gasteiger partial charge is 0.358 e. The number of hydrogen-bond donors (Lipinski definition) is 3. The standard InChI is InChI=1S/C23H29FN4O4S/c1-25-22(29)16-28-13-11-18(12-14-28)26-23(30)20(15-17-7-3-2-4-8-17)27-33(31,32)21-10-6-5-9-19(21)24/h2-10,18,20,27H,11-16H2,1H3,(H,25,29)(H,26,30)/t20-/m0/s1. The molecule has 1 fully saturated rings. The maximum Gasteiger partial charge on any atom is 0.244 e. The number of hydrogen-bond acceptors (Lipinski definition) is 5. The molecule has 8 nitrogen and oxygen atoms in total. The molecule has 33 heavy (non-hydrogen) atoms. The Labute approximate surface area is 193 Å². The summed E-state index contributed by atoms with van der Waals surface area (Å²) in [7, 11) is -2.67. The van der Waals surface area contributed by atoms with E-state index in [9.17, 15) is 22.4 Å². The van der Waals surface area contributed by atoms with E-state index >= 15 is 0 Å². The SMILES string of the molecule is CNC(=O)CN1CCC(NC(=O)[C@H](Cc2ccccc2)NS(=O)(=O)c2ccccc2F)CC1. The van der Waals surface area contributed by atoms with Gasteiger partial charge in [-0.05, 0) is 37.0 Å². The number of likely N-dealkylation sites (N-methyl/N-ethyl adjacent to an activating group) is 1. The van der Waals surface area contributed by atoms with E-state index in [2.05, 4.69) is 15.4 Å². The molecule has 178 valence electrons. The molecule has 1 aliphatic heterocycles. The molecule has 3 rings (SSSR count). The molecule has 1 heterocycles. The number of halogens is 1. The topological polar surface area (TPSA) is 108 Å². The van der Waals surface area contributed by atoms with Crippen LogP contribution >= 0.6 is 0 Å². The van der Waals surface area contributed by atoms with Crippen LogP contribution in [0.2, 0.25) is 0 Å². The van der Waals surface area contributed by atoms with Gasteiger partial charge in [-0.1, -0.05) is 42.5 Å². The van der Waals surface area contributed by atoms with Crippen molar-refractivity contribution in [2.24, 2.45) is 0 Å². The molecule has 1 saturated heterocycles. The molecule has 0 radical (unpaired) electrons. The third-order valence-corrected chi connectivity index (χ3v) is 7.11. The third kappa shape index (κ3) is 7.08. The molecule has 1 atom stereocenters. The lowest BCUT2D eigenvalue weighted by molar-refractivity contribution is -0.125. The summed E-state index contributed by atoms with van der Waals surface area (Å²) in [6, 6.07) is 12.8. The van der Waals surface area contributed by atoms with Gasteiger partial charge < -0.3 is 10.6 Å². The lowest BCUT2D eigenvalue weighted by atomic mass is 10.0. The van der Waals surface area contributed by atoms with Crippen molar-refractivity contribution in [2.75, 3.05) is 26.7 Å². The average Bonchev–Trinajstić information content (AvgIpc) is 2.80. The first kappa shape index (κ1) is 24.8. The smallest absolute Gasteiger partial charge is 0.244 e. The molecular weight excluding hydrogens is 447 g/mol. The second-order valence-electron chi connectivity index (χ2n) is 8.03. The van der Waals surface area contributed by atoms with Crippen molar-refractivity contribution in [3.8, 4) is 0 Å². The summed E-state index contributed by atoms with van der Waals surface area (Å²) in [5.74, 6) is -1.42. The number of benzene rings is 2. The van der Waals surface area contributed by atoms with Gasteiger partial charge in [-0.3, -0.25) is 14.5 Å². The van der Waals surface area contributed by atoms with Crippen molar-refractivity contribution in [3.05, 3.63) is 66.0 Å². The number of likely N-dealkylation sites (tertiary alicyclic amines) is 1. The van der Waals surface area contributed by atoms with Gasteiger partial charge in [0.25, 0.3) is 0 Å². The molecule has 0 saturated carbocycles. The Morgan fingerprint density at radius 2 is 1.70 bits per heavy atom. The fourth-order valence-electron chi connectivity index (χ4n) is 3.77. The molecule has 2 aromatic rings. The highest BCUT2D eigenvalue weighted by molar-refractivity contribution is 7.89. The summed E-state index contributed by atoms with van der Waals surface area (Å²) in [6.45, 7) is 1.58. The Morgan fingerprint density at radius 3 is 2.33 bits per heavy atom. The second-order valence-corrected chi connectivity index (χ2v) is 9.71. The van der Waals surface area contributed by atoms with E-state index in [1.165, 1.54) is 12.1 Å². The highest BCUT2D eigenvalue weighted by atomic mass is 32.2. The normalized spacial score (nSPS) is 16.2. The molecule has 1 aliphatic rings. The third-order valence-electron chi connectivity index (χ3n) is 5.60. The van der Waals surface area contributed by atoms with Crippen LogP contribution in [0.3, 0.4) is 0 Å². The van der Waals surface area contributed by atoms with Crippen LogP contribution in [-0.2, 0) is 26.0 Å².